The summed E-state index contributed by atoms with van der Waals surface area (Å²) in [6, 6.07) is 11.8. The number of hydrogen-bond acceptors (Lipinski definition) is 11. The molecule has 2 saturated heterocycles. The first kappa shape index (κ1) is 42.8. The summed E-state index contributed by atoms with van der Waals surface area (Å²) < 4.78 is 56.0. The Labute approximate surface area is 350 Å². The van der Waals surface area contributed by atoms with E-state index in [4.69, 9.17) is 9.47 Å². The van der Waals surface area contributed by atoms with Crippen LogP contribution in [0.3, 0.4) is 0 Å². The number of allylic oxidation sites excluding steroid dienone is 2. The predicted molar refractivity (Wildman–Crippen MR) is 230 cm³/mol. The van der Waals surface area contributed by atoms with Crippen molar-refractivity contribution in [3.63, 3.8) is 0 Å². The van der Waals surface area contributed by atoms with Crippen LogP contribution in [0.2, 0.25) is 0 Å². The highest BCUT2D eigenvalue weighted by Crippen LogP contribution is 2.41. The molecule has 0 saturated carbocycles. The highest BCUT2D eigenvalue weighted by Gasteiger charge is 2.34. The molecule has 0 radical (unpaired) electrons. The zero-order valence-corrected chi connectivity index (χ0v) is 35.3. The summed E-state index contributed by atoms with van der Waals surface area (Å²) in [5.41, 5.74) is 3.77. The Morgan fingerprint density at radius 3 is 2.57 bits per heavy atom. The Kier molecular flexibility index (Phi) is 12.6. The third kappa shape index (κ3) is 10.3. The Balaban J connectivity index is 1.09. The molecule has 320 valence electrons. The van der Waals surface area contributed by atoms with Crippen LogP contribution < -0.4 is 19.7 Å². The van der Waals surface area contributed by atoms with Crippen LogP contribution in [0.1, 0.15) is 76.1 Å². The van der Waals surface area contributed by atoms with Crippen LogP contribution in [0.4, 0.5) is 21.5 Å². The molecular weight excluding hydrogens is 790 g/mol. The number of pyridine rings is 1. The van der Waals surface area contributed by atoms with E-state index in [1.54, 1.807) is 35.5 Å². The van der Waals surface area contributed by atoms with Crippen LogP contribution in [0.15, 0.2) is 89.1 Å². The van der Waals surface area contributed by atoms with Crippen LogP contribution in [0, 0.1) is 15.5 Å². The van der Waals surface area contributed by atoms with Crippen LogP contribution in [0.25, 0.3) is 11.0 Å². The number of ether oxygens (including phenoxy) is 2. The molecule has 2 fully saturated rings. The van der Waals surface area contributed by atoms with Gasteiger partial charge in [-0.2, -0.15) is 0 Å². The summed E-state index contributed by atoms with van der Waals surface area (Å²) in [5, 5.41) is 15.6. The van der Waals surface area contributed by atoms with E-state index in [0.29, 0.717) is 16.8 Å². The van der Waals surface area contributed by atoms with E-state index in [9.17, 15) is 23.3 Å². The lowest BCUT2D eigenvalue weighted by molar-refractivity contribution is -0.384. The van der Waals surface area contributed by atoms with Gasteiger partial charge in [0, 0.05) is 94.7 Å². The van der Waals surface area contributed by atoms with Crippen molar-refractivity contribution < 1.29 is 32.0 Å². The quantitative estimate of drug-likeness (QED) is 0.0597. The minimum atomic E-state index is -4.62. The second-order valence-corrected chi connectivity index (χ2v) is 18.8. The van der Waals surface area contributed by atoms with E-state index in [1.807, 2.05) is 6.07 Å². The van der Waals surface area contributed by atoms with Crippen molar-refractivity contribution in [2.45, 2.75) is 76.3 Å². The molecule has 2 aliphatic heterocycles. The van der Waals surface area contributed by atoms with Crippen LogP contribution >= 0.6 is 0 Å². The number of rotatable bonds is 15. The minimum Gasteiger partial charge on any atom is -0.455 e. The van der Waals surface area contributed by atoms with Gasteiger partial charge in [0.1, 0.15) is 28.5 Å². The van der Waals surface area contributed by atoms with E-state index in [2.05, 4.69) is 57.2 Å². The first-order valence-electron chi connectivity index (χ1n) is 20.5. The lowest BCUT2D eigenvalue weighted by Gasteiger charge is -2.39. The standard InChI is InChI=1S/C44H54FN7O7S/c1-30(2)5-6-32-26-43(3,4)13-11-33(32)28-50-17-19-51(20-18-50)34-7-9-37(40(24-34)59-35-23-31-12-16-46-41(31)47-27-35)42(53)49-60(56,57)36-8-10-38(39(25-36)52(54)55)48-29-44(45)14-21-58-22-15-44/h7-10,12,16,23-25,27,48H,1,5-6,11,13-15,17-22,26,28-29H2,2-4H3,(H,46,47)(H,49,53). The molecule has 3 aliphatic rings. The van der Waals surface area contributed by atoms with Crippen molar-refractivity contribution in [3.05, 3.63) is 99.9 Å². The number of H-pyrrole nitrogens is 1. The summed E-state index contributed by atoms with van der Waals surface area (Å²) in [4.78, 5) is 36.8. The van der Waals surface area contributed by atoms with E-state index < -0.39 is 37.1 Å². The van der Waals surface area contributed by atoms with Gasteiger partial charge in [-0.25, -0.2) is 22.5 Å². The fourth-order valence-corrected chi connectivity index (χ4v) is 9.16. The molecule has 0 atom stereocenters. The Morgan fingerprint density at radius 1 is 1.07 bits per heavy atom. The summed E-state index contributed by atoms with van der Waals surface area (Å²) in [6.45, 7) is 15.3. The smallest absolute Gasteiger partial charge is 0.293 e. The van der Waals surface area contributed by atoms with Crippen molar-refractivity contribution in [1.82, 2.24) is 19.6 Å². The number of benzene rings is 2. The summed E-state index contributed by atoms with van der Waals surface area (Å²) >= 11 is 0. The molecule has 3 N–H and O–H groups in total. The number of aromatic amines is 1. The number of anilines is 2. The molecule has 7 rings (SSSR count). The maximum atomic E-state index is 15.2. The number of nitrogens with one attached hydrogen (secondary N) is 3. The zero-order valence-electron chi connectivity index (χ0n) is 34.5. The molecule has 16 heteroatoms. The molecule has 0 spiro atoms. The van der Waals surface area contributed by atoms with Crippen LogP contribution in [0.5, 0.6) is 11.5 Å². The predicted octanol–water partition coefficient (Wildman–Crippen LogP) is 8.30. The lowest BCUT2D eigenvalue weighted by Crippen LogP contribution is -2.47. The Morgan fingerprint density at radius 2 is 1.83 bits per heavy atom. The average molecular weight is 844 g/mol. The van der Waals surface area contributed by atoms with E-state index in [-0.39, 0.29) is 49.6 Å². The van der Waals surface area contributed by atoms with Gasteiger partial charge < -0.3 is 24.7 Å². The molecule has 60 heavy (non-hydrogen) atoms. The number of halogens is 1. The first-order valence-corrected chi connectivity index (χ1v) is 22.0. The fraction of sp³-hybridized carbons (Fsp3) is 0.455. The topological polar surface area (TPSA) is 172 Å². The van der Waals surface area contributed by atoms with Gasteiger partial charge in [0.25, 0.3) is 21.6 Å². The number of alkyl halides is 1. The van der Waals surface area contributed by atoms with Crippen molar-refractivity contribution >= 4 is 44.0 Å². The SMILES string of the molecule is C=C(C)CCC1=C(CN2CCN(c3ccc(C(=O)NS(=O)(=O)c4ccc(NCC5(F)CCOCC5)c([N+](=O)[O-])c4)c(Oc4cnc5[nH]ccc5c4)c3)CC2)CCC(C)(C)C1. The van der Waals surface area contributed by atoms with E-state index in [1.165, 1.54) is 30.3 Å². The van der Waals surface area contributed by atoms with E-state index in [0.717, 1.165) is 81.6 Å². The minimum absolute atomic E-state index is 0.0487. The number of carbonyl (C=O) groups excluding carboxylic acids is 1. The normalized spacial score (nSPS) is 18.3. The number of amides is 1. The molecule has 0 unspecified atom stereocenters. The lowest BCUT2D eigenvalue weighted by atomic mass is 9.73. The molecule has 4 aromatic rings. The van der Waals surface area contributed by atoms with Gasteiger partial charge in [-0.15, -0.1) is 6.58 Å². The van der Waals surface area contributed by atoms with Gasteiger partial charge in [-0.3, -0.25) is 19.8 Å². The van der Waals surface area contributed by atoms with Gasteiger partial charge in [0.2, 0.25) is 0 Å². The van der Waals surface area contributed by atoms with Crippen LogP contribution in [-0.2, 0) is 14.8 Å². The van der Waals surface area contributed by atoms with Gasteiger partial charge in [0.15, 0.2) is 0 Å². The number of nitrogens with zero attached hydrogens (tertiary/aromatic N) is 4. The largest absolute Gasteiger partial charge is 0.455 e. The number of piperazine rings is 1. The number of aromatic nitrogens is 2. The maximum Gasteiger partial charge on any atom is 0.293 e. The summed E-state index contributed by atoms with van der Waals surface area (Å²) in [7, 11) is -4.62. The molecule has 2 aromatic carbocycles. The number of hydrogen-bond donors (Lipinski definition) is 3. The number of fused-ring (bicyclic) bond motifs is 1. The van der Waals surface area contributed by atoms with E-state index >= 15 is 4.39 Å². The third-order valence-corrected chi connectivity index (χ3v) is 13.1. The monoisotopic (exact) mass is 843 g/mol. The van der Waals surface area contributed by atoms with Gasteiger partial charge in [-0.05, 0) is 80.8 Å². The molecule has 0 bridgehead atoms. The molecule has 4 heterocycles. The maximum absolute atomic E-state index is 15.2. The van der Waals surface area contributed by atoms with Crippen molar-refractivity contribution in [2.75, 3.05) is 62.7 Å². The molecule has 1 amide bonds. The average Bonchev–Trinajstić information content (AvgIpc) is 3.68. The summed E-state index contributed by atoms with van der Waals surface area (Å²) in [6.07, 6.45) is 8.99. The molecule has 14 nitrogen and oxygen atoms in total. The summed E-state index contributed by atoms with van der Waals surface area (Å²) in [5.74, 6) is -0.552. The number of carbonyl (C=O) groups is 1. The van der Waals surface area contributed by atoms with Crippen molar-refractivity contribution in [3.8, 4) is 11.5 Å². The molecular formula is C44H54FN7O7S. The highest BCUT2D eigenvalue weighted by molar-refractivity contribution is 7.90. The van der Waals surface area contributed by atoms with Crippen molar-refractivity contribution in [2.24, 2.45) is 5.41 Å². The highest BCUT2D eigenvalue weighted by atomic mass is 32.2. The van der Waals surface area contributed by atoms with Crippen LogP contribution in [-0.4, -0.2) is 92.3 Å². The van der Waals surface area contributed by atoms with Gasteiger partial charge in [0.05, 0.1) is 21.6 Å². The van der Waals surface area contributed by atoms with Gasteiger partial charge in [-0.1, -0.05) is 30.6 Å². The van der Waals surface area contributed by atoms with Crippen molar-refractivity contribution in [1.29, 1.82) is 0 Å². The zero-order chi connectivity index (χ0) is 42.7. The second-order valence-electron chi connectivity index (χ2n) is 17.1. The number of nitro benzene ring substituents is 1. The fourth-order valence-electron chi connectivity index (χ4n) is 8.18. The Hall–Kier alpha value is -5.32. The molecule has 2 aromatic heterocycles. The Bertz CT molecular complexity index is 2400. The first-order chi connectivity index (χ1) is 28.6. The number of nitro groups is 1. The van der Waals surface area contributed by atoms with Gasteiger partial charge >= 0.3 is 0 Å². The second kappa shape index (κ2) is 17.7. The molecule has 1 aliphatic carbocycles. The number of sulfonamides is 1. The third-order valence-electron chi connectivity index (χ3n) is 11.8.